The Morgan fingerprint density at radius 1 is 1.17 bits per heavy atom. The van der Waals surface area contributed by atoms with Crippen LogP contribution in [0.4, 0.5) is 0 Å². The molecule has 7 heteroatoms. The fraction of sp³-hybridized carbons (Fsp3) is 0.529. The summed E-state index contributed by atoms with van der Waals surface area (Å²) in [4.78, 5) is 0. The highest BCUT2D eigenvalue weighted by Crippen LogP contribution is 2.37. The van der Waals surface area contributed by atoms with Crippen LogP contribution in [0.5, 0.6) is 17.2 Å². The van der Waals surface area contributed by atoms with Crippen LogP contribution in [0.15, 0.2) is 18.2 Å². The molecule has 0 amide bonds. The van der Waals surface area contributed by atoms with E-state index in [1.54, 1.807) is 14.2 Å². The summed E-state index contributed by atoms with van der Waals surface area (Å²) in [5.41, 5.74) is 5.89. The number of aromatic nitrogens is 3. The number of para-hydroxylation sites is 1. The van der Waals surface area contributed by atoms with Crippen molar-refractivity contribution in [2.45, 2.75) is 44.9 Å². The maximum Gasteiger partial charge on any atom is 0.203 e. The molecule has 1 aliphatic rings. The molecule has 0 aliphatic heterocycles. The lowest BCUT2D eigenvalue weighted by Crippen LogP contribution is -2.36. The van der Waals surface area contributed by atoms with E-state index in [4.69, 9.17) is 19.9 Å². The van der Waals surface area contributed by atoms with Crippen LogP contribution in [0.2, 0.25) is 0 Å². The number of hydrogen-bond donors (Lipinski definition) is 1. The monoisotopic (exact) mass is 332 g/mol. The quantitative estimate of drug-likeness (QED) is 0.836. The van der Waals surface area contributed by atoms with Crippen LogP contribution in [-0.4, -0.2) is 35.0 Å². The zero-order valence-electron chi connectivity index (χ0n) is 14.4. The Morgan fingerprint density at radius 3 is 2.54 bits per heavy atom. The van der Waals surface area contributed by atoms with Crippen LogP contribution in [0.25, 0.3) is 0 Å². The summed E-state index contributed by atoms with van der Waals surface area (Å²) in [6.07, 6.45) is 1.95. The van der Waals surface area contributed by atoms with Gasteiger partial charge in [-0.1, -0.05) is 6.07 Å². The molecule has 0 unspecified atom stereocenters. The molecule has 1 heterocycles. The Kier molecular flexibility index (Phi) is 4.89. The third kappa shape index (κ3) is 3.03. The predicted molar refractivity (Wildman–Crippen MR) is 89.5 cm³/mol. The van der Waals surface area contributed by atoms with Gasteiger partial charge in [0.15, 0.2) is 17.3 Å². The molecule has 1 fully saturated rings. The van der Waals surface area contributed by atoms with Crippen LogP contribution < -0.4 is 19.9 Å². The van der Waals surface area contributed by atoms with E-state index in [0.29, 0.717) is 29.8 Å². The molecule has 0 spiro atoms. The first-order chi connectivity index (χ1) is 11.7. The lowest BCUT2D eigenvalue weighted by molar-refractivity contribution is 0.262. The fourth-order valence-corrected chi connectivity index (χ4v) is 3.09. The minimum Gasteiger partial charge on any atom is -0.493 e. The third-order valence-corrected chi connectivity index (χ3v) is 4.44. The Morgan fingerprint density at radius 2 is 1.92 bits per heavy atom. The average Bonchev–Trinajstić information content (AvgIpc) is 2.98. The number of methoxy groups -OCH3 is 2. The molecule has 0 radical (unpaired) electrons. The highest BCUT2D eigenvalue weighted by Gasteiger charge is 2.32. The number of hydrogen-bond acceptors (Lipinski definition) is 6. The van der Waals surface area contributed by atoms with E-state index >= 15 is 0 Å². The summed E-state index contributed by atoms with van der Waals surface area (Å²) in [5.74, 6) is 4.05. The van der Waals surface area contributed by atoms with Gasteiger partial charge in [0.2, 0.25) is 5.75 Å². The third-order valence-electron chi connectivity index (χ3n) is 4.44. The maximum atomic E-state index is 5.91. The van der Waals surface area contributed by atoms with Gasteiger partial charge in [-0.3, -0.25) is 0 Å². The summed E-state index contributed by atoms with van der Waals surface area (Å²) >= 11 is 0. The summed E-state index contributed by atoms with van der Waals surface area (Å²) in [6.45, 7) is 3.21. The van der Waals surface area contributed by atoms with E-state index < -0.39 is 0 Å². The number of rotatable bonds is 7. The van der Waals surface area contributed by atoms with Crippen molar-refractivity contribution in [1.29, 1.82) is 0 Å². The second kappa shape index (κ2) is 7.09. The molecule has 0 saturated heterocycles. The Hall–Kier alpha value is -2.28. The van der Waals surface area contributed by atoms with Crippen molar-refractivity contribution in [3.8, 4) is 17.2 Å². The lowest BCUT2D eigenvalue weighted by atomic mass is 9.80. The molecule has 2 N–H and O–H groups in total. The van der Waals surface area contributed by atoms with E-state index in [0.717, 1.165) is 31.0 Å². The maximum absolute atomic E-state index is 5.91. The van der Waals surface area contributed by atoms with Crippen molar-refractivity contribution in [3.05, 3.63) is 29.8 Å². The van der Waals surface area contributed by atoms with Crippen molar-refractivity contribution < 1.29 is 14.2 Å². The minimum atomic E-state index is 0.290. The second-order valence-electron chi connectivity index (χ2n) is 5.93. The SMILES string of the molecule is CCn1c(COc2cccc(OC)c2OC)nnc1C1CC(N)C1. The Bertz CT molecular complexity index is 695. The van der Waals surface area contributed by atoms with E-state index in [9.17, 15) is 0 Å². The van der Waals surface area contributed by atoms with Gasteiger partial charge < -0.3 is 24.5 Å². The van der Waals surface area contributed by atoms with Gasteiger partial charge in [-0.2, -0.15) is 0 Å². The smallest absolute Gasteiger partial charge is 0.203 e. The fourth-order valence-electron chi connectivity index (χ4n) is 3.09. The molecule has 2 aromatic rings. The topological polar surface area (TPSA) is 84.4 Å². The number of ether oxygens (including phenoxy) is 3. The van der Waals surface area contributed by atoms with Gasteiger partial charge in [0.1, 0.15) is 12.4 Å². The molecule has 130 valence electrons. The van der Waals surface area contributed by atoms with Gasteiger partial charge in [0, 0.05) is 18.5 Å². The molecule has 1 aromatic heterocycles. The first-order valence-electron chi connectivity index (χ1n) is 8.19. The van der Waals surface area contributed by atoms with Gasteiger partial charge in [0.25, 0.3) is 0 Å². The van der Waals surface area contributed by atoms with Crippen LogP contribution in [0.3, 0.4) is 0 Å². The van der Waals surface area contributed by atoms with E-state index in [1.807, 2.05) is 18.2 Å². The molecule has 0 bridgehead atoms. The molecule has 7 nitrogen and oxygen atoms in total. The van der Waals surface area contributed by atoms with E-state index in [2.05, 4.69) is 21.7 Å². The Balaban J connectivity index is 1.76. The van der Waals surface area contributed by atoms with Gasteiger partial charge in [-0.05, 0) is 31.9 Å². The van der Waals surface area contributed by atoms with Crippen molar-refractivity contribution in [1.82, 2.24) is 14.8 Å². The predicted octanol–water partition coefficient (Wildman–Crippen LogP) is 2.10. The highest BCUT2D eigenvalue weighted by molar-refractivity contribution is 5.51. The van der Waals surface area contributed by atoms with Crippen molar-refractivity contribution >= 4 is 0 Å². The molecule has 3 rings (SSSR count). The minimum absolute atomic E-state index is 0.290. The van der Waals surface area contributed by atoms with Crippen molar-refractivity contribution in [3.63, 3.8) is 0 Å². The lowest BCUT2D eigenvalue weighted by Gasteiger charge is -2.31. The molecule has 1 aromatic carbocycles. The van der Waals surface area contributed by atoms with E-state index in [-0.39, 0.29) is 6.04 Å². The van der Waals surface area contributed by atoms with Crippen LogP contribution in [0.1, 0.15) is 37.3 Å². The molecule has 1 aliphatic carbocycles. The first kappa shape index (κ1) is 16.6. The summed E-state index contributed by atoms with van der Waals surface area (Å²) in [5, 5.41) is 8.66. The van der Waals surface area contributed by atoms with E-state index in [1.165, 1.54) is 0 Å². The number of benzene rings is 1. The zero-order valence-corrected chi connectivity index (χ0v) is 14.4. The van der Waals surface area contributed by atoms with Gasteiger partial charge in [-0.15, -0.1) is 10.2 Å². The normalized spacial score (nSPS) is 19.7. The molecule has 24 heavy (non-hydrogen) atoms. The second-order valence-corrected chi connectivity index (χ2v) is 5.93. The molecular weight excluding hydrogens is 308 g/mol. The molecule has 1 saturated carbocycles. The number of nitrogens with two attached hydrogens (primary N) is 1. The van der Waals surface area contributed by atoms with Gasteiger partial charge in [0.05, 0.1) is 14.2 Å². The summed E-state index contributed by atoms with van der Waals surface area (Å²) in [7, 11) is 3.20. The van der Waals surface area contributed by atoms with Crippen LogP contribution in [-0.2, 0) is 13.2 Å². The first-order valence-corrected chi connectivity index (χ1v) is 8.19. The molecule has 0 atom stereocenters. The van der Waals surface area contributed by atoms with Crippen molar-refractivity contribution in [2.75, 3.05) is 14.2 Å². The summed E-state index contributed by atoms with van der Waals surface area (Å²) in [6, 6.07) is 5.83. The molecular formula is C17H24N4O3. The zero-order chi connectivity index (χ0) is 17.1. The number of nitrogens with zero attached hydrogens (tertiary/aromatic N) is 3. The average molecular weight is 332 g/mol. The van der Waals surface area contributed by atoms with Crippen LogP contribution >= 0.6 is 0 Å². The summed E-state index contributed by atoms with van der Waals surface area (Å²) < 4.78 is 18.7. The standard InChI is InChI=1S/C17H24N4O3/c1-4-21-15(19-20-17(21)11-8-12(18)9-11)10-24-14-7-5-6-13(22-2)16(14)23-3/h5-7,11-12H,4,8-10,18H2,1-3H3. The largest absolute Gasteiger partial charge is 0.493 e. The Labute approximate surface area is 141 Å². The van der Waals surface area contributed by atoms with Gasteiger partial charge in [-0.25, -0.2) is 0 Å². The highest BCUT2D eigenvalue weighted by atomic mass is 16.5. The van der Waals surface area contributed by atoms with Crippen LogP contribution in [0, 0.1) is 0 Å². The van der Waals surface area contributed by atoms with Gasteiger partial charge >= 0.3 is 0 Å². The van der Waals surface area contributed by atoms with Crippen molar-refractivity contribution in [2.24, 2.45) is 5.73 Å².